The van der Waals surface area contributed by atoms with Gasteiger partial charge in [0.1, 0.15) is 5.37 Å². The first-order valence-corrected chi connectivity index (χ1v) is 12.7. The Hall–Kier alpha value is -3.05. The third-order valence-corrected chi connectivity index (χ3v) is 7.83. The van der Waals surface area contributed by atoms with Crippen LogP contribution in [0, 0.1) is 0 Å². The third-order valence-electron chi connectivity index (χ3n) is 6.62. The molecule has 2 aliphatic rings. The molecule has 0 aromatic heterocycles. The smallest absolute Gasteiger partial charge is 0.238 e. The Bertz CT molecular complexity index is 1160. The van der Waals surface area contributed by atoms with E-state index in [1.165, 1.54) is 17.5 Å². The van der Waals surface area contributed by atoms with Gasteiger partial charge in [-0.2, -0.15) is 0 Å². The van der Waals surface area contributed by atoms with Gasteiger partial charge in [0.25, 0.3) is 0 Å². The van der Waals surface area contributed by atoms with E-state index >= 15 is 0 Å². The fourth-order valence-corrected chi connectivity index (χ4v) is 6.05. The highest BCUT2D eigenvalue weighted by atomic mass is 32.2. The van der Waals surface area contributed by atoms with Gasteiger partial charge in [-0.15, -0.1) is 11.8 Å². The van der Waals surface area contributed by atoms with Crippen LogP contribution < -0.4 is 10.2 Å². The van der Waals surface area contributed by atoms with Crippen LogP contribution in [0.25, 0.3) is 0 Å². The Kier molecular flexibility index (Phi) is 6.23. The minimum Gasteiger partial charge on any atom is -0.326 e. The molecule has 33 heavy (non-hydrogen) atoms. The standard InChI is InChI=1S/C28H28N2O2S/c1-2-25(20-7-4-3-5-8-20)27(32)29-23-14-11-21(12-15-23)28-30(26(31)18-33-28)24-16-13-19-9-6-10-22(19)17-24/h3-5,7-8,11-17,25,28H,2,6,9-10,18H2,1H3,(H,29,32). The van der Waals surface area contributed by atoms with Crippen LogP contribution in [-0.4, -0.2) is 17.6 Å². The molecule has 2 atom stereocenters. The lowest BCUT2D eigenvalue weighted by atomic mass is 9.95. The normalized spacial score (nSPS) is 18.3. The first-order chi connectivity index (χ1) is 16.1. The van der Waals surface area contributed by atoms with Gasteiger partial charge in [0.15, 0.2) is 0 Å². The van der Waals surface area contributed by atoms with E-state index in [1.807, 2.05) is 66.4 Å². The zero-order valence-corrected chi connectivity index (χ0v) is 19.6. The Morgan fingerprint density at radius 3 is 2.55 bits per heavy atom. The number of rotatable bonds is 6. The predicted octanol–water partition coefficient (Wildman–Crippen LogP) is 6.09. The van der Waals surface area contributed by atoms with Crippen molar-refractivity contribution in [3.8, 4) is 0 Å². The molecule has 1 aliphatic heterocycles. The monoisotopic (exact) mass is 456 g/mol. The highest BCUT2D eigenvalue weighted by Crippen LogP contribution is 2.43. The summed E-state index contributed by atoms with van der Waals surface area (Å²) in [7, 11) is 0. The summed E-state index contributed by atoms with van der Waals surface area (Å²) < 4.78 is 0. The molecule has 0 radical (unpaired) electrons. The fraction of sp³-hybridized carbons (Fsp3) is 0.286. The summed E-state index contributed by atoms with van der Waals surface area (Å²) in [6.45, 7) is 2.03. The molecule has 1 aliphatic carbocycles. The quantitative estimate of drug-likeness (QED) is 0.489. The maximum Gasteiger partial charge on any atom is 0.238 e. The summed E-state index contributed by atoms with van der Waals surface area (Å²) in [5, 5.41) is 3.02. The average Bonchev–Trinajstić information content (AvgIpc) is 3.46. The molecule has 0 bridgehead atoms. The van der Waals surface area contributed by atoms with Gasteiger partial charge in [-0.25, -0.2) is 0 Å². The summed E-state index contributed by atoms with van der Waals surface area (Å²) in [5.41, 5.74) is 6.64. The maximum absolute atomic E-state index is 12.9. The molecular formula is C28H28N2O2S. The molecule has 1 fully saturated rings. The molecule has 5 rings (SSSR count). The summed E-state index contributed by atoms with van der Waals surface area (Å²) in [6, 6.07) is 24.3. The van der Waals surface area contributed by atoms with Crippen molar-refractivity contribution >= 4 is 35.0 Å². The Balaban J connectivity index is 1.32. The number of anilines is 2. The van der Waals surface area contributed by atoms with E-state index in [4.69, 9.17) is 0 Å². The minimum atomic E-state index is -0.177. The van der Waals surface area contributed by atoms with Gasteiger partial charge >= 0.3 is 0 Å². The number of nitrogens with zero attached hydrogens (tertiary/aromatic N) is 1. The molecule has 2 unspecified atom stereocenters. The van der Waals surface area contributed by atoms with Crippen LogP contribution >= 0.6 is 11.8 Å². The van der Waals surface area contributed by atoms with E-state index in [9.17, 15) is 9.59 Å². The second-order valence-electron chi connectivity index (χ2n) is 8.72. The highest BCUT2D eigenvalue weighted by molar-refractivity contribution is 8.00. The van der Waals surface area contributed by atoms with Crippen molar-refractivity contribution in [2.75, 3.05) is 16.0 Å². The van der Waals surface area contributed by atoms with E-state index < -0.39 is 0 Å². The summed E-state index contributed by atoms with van der Waals surface area (Å²) in [5.74, 6) is 0.454. The molecule has 4 nitrogen and oxygen atoms in total. The number of hydrogen-bond acceptors (Lipinski definition) is 3. The number of benzene rings is 3. The van der Waals surface area contributed by atoms with E-state index in [2.05, 4.69) is 23.5 Å². The van der Waals surface area contributed by atoms with Gasteiger partial charge in [-0.05, 0) is 72.2 Å². The number of nitrogens with one attached hydrogen (secondary N) is 1. The van der Waals surface area contributed by atoms with Gasteiger partial charge < -0.3 is 5.32 Å². The predicted molar refractivity (Wildman–Crippen MR) is 136 cm³/mol. The molecule has 2 amide bonds. The maximum atomic E-state index is 12.9. The van der Waals surface area contributed by atoms with Crippen molar-refractivity contribution in [1.29, 1.82) is 0 Å². The Morgan fingerprint density at radius 1 is 1.03 bits per heavy atom. The van der Waals surface area contributed by atoms with Crippen LogP contribution in [0.15, 0.2) is 72.8 Å². The Morgan fingerprint density at radius 2 is 1.79 bits per heavy atom. The van der Waals surface area contributed by atoms with Crippen LogP contribution in [0.4, 0.5) is 11.4 Å². The number of hydrogen-bond donors (Lipinski definition) is 1. The summed E-state index contributed by atoms with van der Waals surface area (Å²) in [4.78, 5) is 27.6. The zero-order valence-electron chi connectivity index (χ0n) is 18.8. The van der Waals surface area contributed by atoms with Crippen molar-refractivity contribution in [3.05, 3.63) is 95.1 Å². The number of fused-ring (bicyclic) bond motifs is 1. The van der Waals surface area contributed by atoms with E-state index in [-0.39, 0.29) is 23.1 Å². The van der Waals surface area contributed by atoms with Crippen molar-refractivity contribution in [2.45, 2.75) is 43.9 Å². The first kappa shape index (κ1) is 21.8. The number of carbonyl (C=O) groups excluding carboxylic acids is 2. The van der Waals surface area contributed by atoms with Gasteiger partial charge in [0, 0.05) is 11.4 Å². The van der Waals surface area contributed by atoms with Crippen molar-refractivity contribution in [2.24, 2.45) is 0 Å². The molecule has 5 heteroatoms. The van der Waals surface area contributed by atoms with E-state index in [1.54, 1.807) is 11.8 Å². The van der Waals surface area contributed by atoms with Crippen LogP contribution in [0.2, 0.25) is 0 Å². The molecule has 3 aromatic carbocycles. The molecule has 168 valence electrons. The number of amides is 2. The number of carbonyl (C=O) groups is 2. The average molecular weight is 457 g/mol. The molecule has 1 heterocycles. The zero-order chi connectivity index (χ0) is 22.8. The number of aryl methyl sites for hydroxylation is 2. The second-order valence-corrected chi connectivity index (χ2v) is 9.78. The molecule has 0 saturated carbocycles. The van der Waals surface area contributed by atoms with E-state index in [0.717, 1.165) is 41.8 Å². The Labute approximate surface area is 199 Å². The first-order valence-electron chi connectivity index (χ1n) is 11.7. The van der Waals surface area contributed by atoms with Crippen molar-refractivity contribution in [3.63, 3.8) is 0 Å². The molecular weight excluding hydrogens is 428 g/mol. The summed E-state index contributed by atoms with van der Waals surface area (Å²) in [6.07, 6.45) is 4.17. The lowest BCUT2D eigenvalue weighted by Gasteiger charge is -2.25. The van der Waals surface area contributed by atoms with Crippen LogP contribution in [0.5, 0.6) is 0 Å². The van der Waals surface area contributed by atoms with Gasteiger partial charge in [0.2, 0.25) is 11.8 Å². The highest BCUT2D eigenvalue weighted by Gasteiger charge is 2.34. The lowest BCUT2D eigenvalue weighted by Crippen LogP contribution is -2.28. The van der Waals surface area contributed by atoms with Gasteiger partial charge in [-0.1, -0.05) is 55.5 Å². The fourth-order valence-electron chi connectivity index (χ4n) is 4.88. The largest absolute Gasteiger partial charge is 0.326 e. The third kappa shape index (κ3) is 4.42. The number of thioether (sulfide) groups is 1. The summed E-state index contributed by atoms with van der Waals surface area (Å²) >= 11 is 1.65. The second kappa shape index (κ2) is 9.44. The molecule has 0 spiro atoms. The van der Waals surface area contributed by atoms with Crippen molar-refractivity contribution < 1.29 is 9.59 Å². The van der Waals surface area contributed by atoms with Gasteiger partial charge in [-0.3, -0.25) is 14.5 Å². The minimum absolute atomic E-state index is 0.00152. The van der Waals surface area contributed by atoms with E-state index in [0.29, 0.717) is 5.75 Å². The SMILES string of the molecule is CCC(C(=O)Nc1ccc(C2SCC(=O)N2c2ccc3c(c2)CCC3)cc1)c1ccccc1. The lowest BCUT2D eigenvalue weighted by molar-refractivity contribution is -0.118. The van der Waals surface area contributed by atoms with Crippen LogP contribution in [0.3, 0.4) is 0 Å². The van der Waals surface area contributed by atoms with Crippen molar-refractivity contribution in [1.82, 2.24) is 0 Å². The van der Waals surface area contributed by atoms with Gasteiger partial charge in [0.05, 0.1) is 11.7 Å². The molecule has 1 saturated heterocycles. The molecule has 1 N–H and O–H groups in total. The van der Waals surface area contributed by atoms with Crippen LogP contribution in [0.1, 0.15) is 53.3 Å². The molecule has 3 aromatic rings. The topological polar surface area (TPSA) is 49.4 Å². The van der Waals surface area contributed by atoms with Crippen LogP contribution in [-0.2, 0) is 22.4 Å².